The molecule has 8 nitrogen and oxygen atoms in total. The Balaban J connectivity index is 0.00000320. The summed E-state index contributed by atoms with van der Waals surface area (Å²) in [5.41, 5.74) is 0. The molecule has 2 heterocycles. The van der Waals surface area contributed by atoms with Gasteiger partial charge < -0.3 is 19.9 Å². The monoisotopic (exact) mass is 533 g/mol. The number of hydrogen-bond donors (Lipinski definition) is 2. The normalized spacial score (nSPS) is 25.6. The zero-order valence-corrected chi connectivity index (χ0v) is 21.4. The van der Waals surface area contributed by atoms with E-state index >= 15 is 0 Å². The van der Waals surface area contributed by atoms with Crippen LogP contribution in [-0.2, 0) is 18.3 Å². The molecule has 0 aromatic carbocycles. The molecule has 0 bridgehead atoms. The van der Waals surface area contributed by atoms with Crippen LogP contribution in [0.3, 0.4) is 0 Å². The molecule has 0 spiro atoms. The van der Waals surface area contributed by atoms with E-state index in [0.29, 0.717) is 12.6 Å². The van der Waals surface area contributed by atoms with Crippen molar-refractivity contribution in [1.29, 1.82) is 0 Å². The second-order valence-corrected chi connectivity index (χ2v) is 8.88. The lowest BCUT2D eigenvalue weighted by atomic mass is 9.80. The average molecular weight is 534 g/mol. The predicted molar refractivity (Wildman–Crippen MR) is 131 cm³/mol. The van der Waals surface area contributed by atoms with Gasteiger partial charge in [-0.2, -0.15) is 0 Å². The summed E-state index contributed by atoms with van der Waals surface area (Å²) in [6, 6.07) is 0.487. The zero-order valence-electron chi connectivity index (χ0n) is 19.1. The van der Waals surface area contributed by atoms with E-state index in [1.165, 1.54) is 19.3 Å². The van der Waals surface area contributed by atoms with E-state index < -0.39 is 0 Å². The summed E-state index contributed by atoms with van der Waals surface area (Å²) >= 11 is 0. The molecular formula is C21H40IN7O. The van der Waals surface area contributed by atoms with Gasteiger partial charge >= 0.3 is 0 Å². The number of halogens is 1. The molecule has 1 saturated heterocycles. The number of nitrogens with one attached hydrogen (secondary N) is 2. The van der Waals surface area contributed by atoms with Gasteiger partial charge in [-0.05, 0) is 51.0 Å². The van der Waals surface area contributed by atoms with Gasteiger partial charge in [0.2, 0.25) is 0 Å². The first-order chi connectivity index (χ1) is 14.0. The van der Waals surface area contributed by atoms with Gasteiger partial charge in [0.05, 0.1) is 13.2 Å². The third-order valence-corrected chi connectivity index (χ3v) is 6.13. The average Bonchev–Trinajstić information content (AvgIpc) is 3.01. The van der Waals surface area contributed by atoms with Crippen LogP contribution in [0.2, 0.25) is 0 Å². The van der Waals surface area contributed by atoms with E-state index in [0.717, 1.165) is 75.3 Å². The Hall–Kier alpha value is -0.940. The third-order valence-electron chi connectivity index (χ3n) is 6.13. The minimum Gasteiger partial charge on any atom is -0.379 e. The van der Waals surface area contributed by atoms with Gasteiger partial charge in [0.1, 0.15) is 12.4 Å². The molecule has 2 atom stereocenters. The first kappa shape index (κ1) is 25.3. The van der Waals surface area contributed by atoms with Gasteiger partial charge in [-0.1, -0.05) is 13.8 Å². The maximum atomic E-state index is 5.43. The molecule has 3 rings (SSSR count). The van der Waals surface area contributed by atoms with Crippen molar-refractivity contribution in [1.82, 2.24) is 30.3 Å². The van der Waals surface area contributed by atoms with Crippen LogP contribution in [0.4, 0.5) is 0 Å². The van der Waals surface area contributed by atoms with Gasteiger partial charge in [0.25, 0.3) is 0 Å². The Morgan fingerprint density at radius 3 is 2.47 bits per heavy atom. The third kappa shape index (κ3) is 7.96. The smallest absolute Gasteiger partial charge is 0.191 e. The molecule has 1 aromatic heterocycles. The molecule has 1 saturated carbocycles. The van der Waals surface area contributed by atoms with Crippen molar-refractivity contribution in [2.45, 2.75) is 59.0 Å². The summed E-state index contributed by atoms with van der Waals surface area (Å²) < 4.78 is 7.44. The van der Waals surface area contributed by atoms with E-state index in [1.807, 2.05) is 18.5 Å². The van der Waals surface area contributed by atoms with Crippen molar-refractivity contribution >= 4 is 29.9 Å². The molecule has 2 aliphatic rings. The van der Waals surface area contributed by atoms with Crippen molar-refractivity contribution < 1.29 is 4.74 Å². The largest absolute Gasteiger partial charge is 0.379 e. The first-order valence-corrected chi connectivity index (χ1v) is 11.2. The summed E-state index contributed by atoms with van der Waals surface area (Å²) in [7, 11) is 1.99. The lowest BCUT2D eigenvalue weighted by Crippen LogP contribution is -2.47. The fraction of sp³-hybridized carbons (Fsp3) is 0.857. The number of aryl methyl sites for hydroxylation is 1. The summed E-state index contributed by atoms with van der Waals surface area (Å²) in [6.45, 7) is 13.0. The van der Waals surface area contributed by atoms with Gasteiger partial charge in [-0.25, -0.2) is 4.99 Å². The van der Waals surface area contributed by atoms with Crippen LogP contribution >= 0.6 is 24.0 Å². The van der Waals surface area contributed by atoms with Crippen LogP contribution in [0.5, 0.6) is 0 Å². The Bertz CT molecular complexity index is 650. The second kappa shape index (κ2) is 12.8. The minimum absolute atomic E-state index is 0. The molecule has 1 aliphatic heterocycles. The number of aliphatic imine (C=N–C) groups is 1. The van der Waals surface area contributed by atoms with E-state index in [4.69, 9.17) is 9.73 Å². The highest BCUT2D eigenvalue weighted by Gasteiger charge is 2.24. The molecule has 2 N–H and O–H groups in total. The summed E-state index contributed by atoms with van der Waals surface area (Å²) in [5, 5.41) is 15.6. The molecule has 30 heavy (non-hydrogen) atoms. The molecule has 9 heteroatoms. The number of morpholine rings is 1. The maximum Gasteiger partial charge on any atom is 0.191 e. The van der Waals surface area contributed by atoms with Crippen LogP contribution in [0.1, 0.15) is 51.2 Å². The topological polar surface area (TPSA) is 79.6 Å². The molecule has 172 valence electrons. The van der Waals surface area contributed by atoms with Crippen molar-refractivity contribution in [3.8, 4) is 0 Å². The number of ether oxygens (including phenoxy) is 1. The molecule has 2 unspecified atom stereocenters. The highest BCUT2D eigenvalue weighted by atomic mass is 127. The number of guanidine groups is 1. The van der Waals surface area contributed by atoms with Crippen LogP contribution in [0.15, 0.2) is 4.99 Å². The predicted octanol–water partition coefficient (Wildman–Crippen LogP) is 2.32. The Kier molecular flexibility index (Phi) is 10.8. The second-order valence-electron chi connectivity index (χ2n) is 8.88. The van der Waals surface area contributed by atoms with E-state index in [1.54, 1.807) is 0 Å². The minimum atomic E-state index is 0. The lowest BCUT2D eigenvalue weighted by Gasteiger charge is -2.33. The van der Waals surface area contributed by atoms with Gasteiger partial charge in [-0.15, -0.1) is 34.2 Å². The van der Waals surface area contributed by atoms with Crippen LogP contribution in [0, 0.1) is 18.8 Å². The number of aromatic nitrogens is 3. The van der Waals surface area contributed by atoms with Gasteiger partial charge in [-0.3, -0.25) is 4.90 Å². The van der Waals surface area contributed by atoms with Crippen molar-refractivity contribution in [2.24, 2.45) is 23.9 Å². The highest BCUT2D eigenvalue weighted by Crippen LogP contribution is 2.28. The number of hydrogen-bond acceptors (Lipinski definition) is 5. The first-order valence-electron chi connectivity index (χ1n) is 11.2. The van der Waals surface area contributed by atoms with Crippen LogP contribution in [0.25, 0.3) is 0 Å². The summed E-state index contributed by atoms with van der Waals surface area (Å²) in [5.74, 6) is 4.24. The van der Waals surface area contributed by atoms with Crippen molar-refractivity contribution in [3.05, 3.63) is 11.6 Å². The number of nitrogens with zero attached hydrogens (tertiary/aromatic N) is 5. The SMILES string of the molecule is Cc1nnc(CN=C(NCCCN2CCOCC2)NC2CC(C)CC(C)C2)n1C.I. The fourth-order valence-electron chi connectivity index (χ4n) is 4.48. The maximum absolute atomic E-state index is 5.43. The van der Waals surface area contributed by atoms with E-state index in [9.17, 15) is 0 Å². The van der Waals surface area contributed by atoms with E-state index in [-0.39, 0.29) is 24.0 Å². The standard InChI is InChI=1S/C21H39N7O.HI/c1-16-12-17(2)14-19(13-16)24-21(23-15-20-26-25-18(3)27(20)4)22-6-5-7-28-8-10-29-11-9-28;/h16-17,19H,5-15H2,1-4H3,(H2,22,23,24);1H. The van der Waals surface area contributed by atoms with Gasteiger partial charge in [0.15, 0.2) is 11.8 Å². The molecule has 0 radical (unpaired) electrons. The van der Waals surface area contributed by atoms with Crippen LogP contribution < -0.4 is 10.6 Å². The molecule has 1 aromatic rings. The zero-order chi connectivity index (χ0) is 20.6. The van der Waals surface area contributed by atoms with Gasteiger partial charge in [0, 0.05) is 32.7 Å². The summed E-state index contributed by atoms with van der Waals surface area (Å²) in [4.78, 5) is 7.31. The number of rotatable bonds is 7. The van der Waals surface area contributed by atoms with Crippen molar-refractivity contribution in [2.75, 3.05) is 39.4 Å². The lowest BCUT2D eigenvalue weighted by molar-refractivity contribution is 0.0376. The Morgan fingerprint density at radius 2 is 1.83 bits per heavy atom. The van der Waals surface area contributed by atoms with Crippen LogP contribution in [-0.4, -0.2) is 71.1 Å². The highest BCUT2D eigenvalue weighted by molar-refractivity contribution is 14.0. The molecule has 0 amide bonds. The van der Waals surface area contributed by atoms with E-state index in [2.05, 4.69) is 39.6 Å². The molecule has 1 aliphatic carbocycles. The Labute approximate surface area is 198 Å². The van der Waals surface area contributed by atoms with Crippen molar-refractivity contribution in [3.63, 3.8) is 0 Å². The Morgan fingerprint density at radius 1 is 1.13 bits per heavy atom. The summed E-state index contributed by atoms with van der Waals surface area (Å²) in [6.07, 6.45) is 4.85. The fourth-order valence-corrected chi connectivity index (χ4v) is 4.48. The molecule has 2 fully saturated rings. The quantitative estimate of drug-likeness (QED) is 0.243. The molecular weight excluding hydrogens is 493 g/mol.